The summed E-state index contributed by atoms with van der Waals surface area (Å²) in [6.07, 6.45) is 0.471. The van der Waals surface area contributed by atoms with Crippen LogP contribution in [0.5, 0.6) is 0 Å². The Balaban J connectivity index is 1.97. The van der Waals surface area contributed by atoms with Crippen molar-refractivity contribution in [2.75, 3.05) is 12.8 Å². The molecule has 2 rings (SSSR count). The zero-order chi connectivity index (χ0) is 15.2. The van der Waals surface area contributed by atoms with Gasteiger partial charge < -0.3 is 5.32 Å². The second kappa shape index (κ2) is 7.57. The highest BCUT2D eigenvalue weighted by atomic mass is 32.2. The van der Waals surface area contributed by atoms with Crippen LogP contribution < -0.4 is 5.32 Å². The molecule has 0 aliphatic rings. The van der Waals surface area contributed by atoms with Crippen LogP contribution in [0.4, 0.5) is 8.78 Å². The number of nitrogens with one attached hydrogen (secondary N) is 1. The zero-order valence-electron chi connectivity index (χ0n) is 12.2. The maximum absolute atomic E-state index is 13.7. The van der Waals surface area contributed by atoms with Crippen molar-refractivity contribution < 1.29 is 8.78 Å². The molecule has 2 aromatic rings. The third-order valence-corrected chi connectivity index (χ3v) is 4.55. The average molecular weight is 307 g/mol. The maximum Gasteiger partial charge on any atom is 0.162 e. The number of hydrogen-bond donors (Lipinski definition) is 1. The van der Waals surface area contributed by atoms with Gasteiger partial charge in [-0.1, -0.05) is 29.8 Å². The fourth-order valence-electron chi connectivity index (χ4n) is 2.05. The molecule has 0 saturated carbocycles. The van der Waals surface area contributed by atoms with Crippen LogP contribution in [0.3, 0.4) is 0 Å². The number of thioether (sulfide) groups is 1. The van der Waals surface area contributed by atoms with Gasteiger partial charge in [-0.15, -0.1) is 11.8 Å². The molecule has 1 N–H and O–H groups in total. The molecule has 0 bridgehead atoms. The van der Waals surface area contributed by atoms with Gasteiger partial charge in [0.1, 0.15) is 0 Å². The third kappa shape index (κ3) is 4.55. The quantitative estimate of drug-likeness (QED) is 0.803. The first kappa shape index (κ1) is 16.0. The van der Waals surface area contributed by atoms with Gasteiger partial charge in [0, 0.05) is 16.7 Å². The minimum Gasteiger partial charge on any atom is -0.316 e. The summed E-state index contributed by atoms with van der Waals surface area (Å²) in [6.45, 7) is 2.05. The van der Waals surface area contributed by atoms with Gasteiger partial charge in [0.2, 0.25) is 0 Å². The van der Waals surface area contributed by atoms with Gasteiger partial charge in [-0.25, -0.2) is 8.78 Å². The standard InChI is InChI=1S/C17H19F2NS/c1-12-6-8-15(9-7-12)21-11-14(20-2)10-13-4-3-5-16(18)17(13)19/h3-9,14,20H,10-11H2,1-2H3. The molecule has 0 radical (unpaired) electrons. The van der Waals surface area contributed by atoms with Gasteiger partial charge in [0.15, 0.2) is 11.6 Å². The Morgan fingerprint density at radius 3 is 2.48 bits per heavy atom. The van der Waals surface area contributed by atoms with Crippen molar-refractivity contribution in [3.05, 3.63) is 65.2 Å². The van der Waals surface area contributed by atoms with E-state index in [-0.39, 0.29) is 6.04 Å². The van der Waals surface area contributed by atoms with Crippen LogP contribution in [0, 0.1) is 18.6 Å². The van der Waals surface area contributed by atoms with Crippen molar-refractivity contribution in [1.82, 2.24) is 5.32 Å². The van der Waals surface area contributed by atoms with Gasteiger partial charge in [0.05, 0.1) is 0 Å². The smallest absolute Gasteiger partial charge is 0.162 e. The van der Waals surface area contributed by atoms with Crippen LogP contribution in [-0.4, -0.2) is 18.8 Å². The second-order valence-electron chi connectivity index (χ2n) is 5.03. The van der Waals surface area contributed by atoms with Crippen molar-refractivity contribution in [1.29, 1.82) is 0 Å². The Hall–Kier alpha value is -1.39. The fraction of sp³-hybridized carbons (Fsp3) is 0.294. The molecule has 0 aliphatic heterocycles. The van der Waals surface area contributed by atoms with Gasteiger partial charge in [-0.2, -0.15) is 0 Å². The molecule has 21 heavy (non-hydrogen) atoms. The Morgan fingerprint density at radius 2 is 1.81 bits per heavy atom. The third-order valence-electron chi connectivity index (χ3n) is 3.38. The number of hydrogen-bond acceptors (Lipinski definition) is 2. The topological polar surface area (TPSA) is 12.0 Å². The fourth-order valence-corrected chi connectivity index (χ4v) is 3.05. The number of halogens is 2. The number of aryl methyl sites for hydroxylation is 1. The van der Waals surface area contributed by atoms with E-state index in [1.54, 1.807) is 23.9 Å². The van der Waals surface area contributed by atoms with Gasteiger partial charge in [0.25, 0.3) is 0 Å². The number of likely N-dealkylation sites (N-methyl/N-ethyl adjacent to an activating group) is 1. The molecule has 0 heterocycles. The van der Waals surface area contributed by atoms with E-state index < -0.39 is 11.6 Å². The summed E-state index contributed by atoms with van der Waals surface area (Å²) in [5.74, 6) is -0.721. The molecule has 0 aliphatic carbocycles. The molecule has 0 amide bonds. The molecule has 4 heteroatoms. The van der Waals surface area contributed by atoms with Gasteiger partial charge in [-0.3, -0.25) is 0 Å². The summed E-state index contributed by atoms with van der Waals surface area (Å²) in [4.78, 5) is 1.18. The second-order valence-corrected chi connectivity index (χ2v) is 6.12. The van der Waals surface area contributed by atoms with E-state index in [1.165, 1.54) is 10.5 Å². The van der Waals surface area contributed by atoms with Gasteiger partial charge >= 0.3 is 0 Å². The first-order valence-electron chi connectivity index (χ1n) is 6.89. The van der Waals surface area contributed by atoms with Crippen LogP contribution in [0.25, 0.3) is 0 Å². The number of rotatable bonds is 6. The molecule has 0 aromatic heterocycles. The van der Waals surface area contributed by atoms with Gasteiger partial charge in [-0.05, 0) is 44.2 Å². The summed E-state index contributed by atoms with van der Waals surface area (Å²) < 4.78 is 26.9. The first-order chi connectivity index (χ1) is 10.1. The highest BCUT2D eigenvalue weighted by Crippen LogP contribution is 2.21. The van der Waals surface area contributed by atoms with E-state index in [1.807, 2.05) is 7.05 Å². The Morgan fingerprint density at radius 1 is 1.10 bits per heavy atom. The van der Waals surface area contributed by atoms with E-state index in [0.717, 1.165) is 11.8 Å². The summed E-state index contributed by atoms with van der Waals surface area (Å²) >= 11 is 1.71. The molecule has 112 valence electrons. The average Bonchev–Trinajstić information content (AvgIpc) is 2.49. The predicted molar refractivity (Wildman–Crippen MR) is 84.8 cm³/mol. The molecule has 0 fully saturated rings. The lowest BCUT2D eigenvalue weighted by molar-refractivity contribution is 0.490. The van der Waals surface area contributed by atoms with Crippen LogP contribution in [0.1, 0.15) is 11.1 Å². The summed E-state index contributed by atoms with van der Waals surface area (Å²) in [5.41, 5.74) is 1.64. The Labute approximate surface area is 128 Å². The van der Waals surface area contributed by atoms with E-state index in [0.29, 0.717) is 12.0 Å². The van der Waals surface area contributed by atoms with Crippen molar-refractivity contribution in [2.45, 2.75) is 24.3 Å². The van der Waals surface area contributed by atoms with Crippen LogP contribution >= 0.6 is 11.8 Å². The Kier molecular flexibility index (Phi) is 5.76. The normalized spacial score (nSPS) is 12.4. The molecule has 1 nitrogen and oxygen atoms in total. The van der Waals surface area contributed by atoms with Crippen LogP contribution in [-0.2, 0) is 6.42 Å². The SMILES string of the molecule is CNC(CSc1ccc(C)cc1)Cc1cccc(F)c1F. The van der Waals surface area contributed by atoms with Crippen molar-refractivity contribution in [3.8, 4) is 0 Å². The minimum absolute atomic E-state index is 0.0904. The highest BCUT2D eigenvalue weighted by Gasteiger charge is 2.13. The number of benzene rings is 2. The summed E-state index contributed by atoms with van der Waals surface area (Å²) in [7, 11) is 1.84. The lowest BCUT2D eigenvalue weighted by Crippen LogP contribution is -2.30. The van der Waals surface area contributed by atoms with Crippen molar-refractivity contribution in [2.24, 2.45) is 0 Å². The van der Waals surface area contributed by atoms with Crippen molar-refractivity contribution in [3.63, 3.8) is 0 Å². The Bertz CT molecular complexity index is 584. The highest BCUT2D eigenvalue weighted by molar-refractivity contribution is 7.99. The summed E-state index contributed by atoms with van der Waals surface area (Å²) in [5, 5.41) is 3.17. The molecular weight excluding hydrogens is 288 g/mol. The molecule has 2 aromatic carbocycles. The molecule has 0 spiro atoms. The summed E-state index contributed by atoms with van der Waals surface area (Å²) in [6, 6.07) is 12.7. The first-order valence-corrected chi connectivity index (χ1v) is 7.88. The maximum atomic E-state index is 13.7. The molecule has 0 saturated heterocycles. The predicted octanol–water partition coefficient (Wildman–Crippen LogP) is 4.20. The van der Waals surface area contributed by atoms with E-state index in [4.69, 9.17) is 0 Å². The molecule has 1 atom stereocenters. The molecular formula is C17H19F2NS. The van der Waals surface area contributed by atoms with Crippen molar-refractivity contribution >= 4 is 11.8 Å². The van der Waals surface area contributed by atoms with Crippen LogP contribution in [0.2, 0.25) is 0 Å². The van der Waals surface area contributed by atoms with Crippen LogP contribution in [0.15, 0.2) is 47.4 Å². The lowest BCUT2D eigenvalue weighted by Gasteiger charge is -2.16. The van der Waals surface area contributed by atoms with E-state index >= 15 is 0 Å². The van der Waals surface area contributed by atoms with E-state index in [2.05, 4.69) is 36.5 Å². The monoisotopic (exact) mass is 307 g/mol. The minimum atomic E-state index is -0.784. The largest absolute Gasteiger partial charge is 0.316 e. The lowest BCUT2D eigenvalue weighted by atomic mass is 10.1. The zero-order valence-corrected chi connectivity index (χ0v) is 13.0. The molecule has 1 unspecified atom stereocenters. The van der Waals surface area contributed by atoms with E-state index in [9.17, 15) is 8.78 Å².